The molecule has 23 nitrogen and oxygen atoms in total. The fourth-order valence-corrected chi connectivity index (χ4v) is 8.07. The number of aliphatic carboxylic acids is 2. The molecule has 3 heterocycles. The van der Waals surface area contributed by atoms with Crippen LogP contribution < -0.4 is 0 Å². The fraction of sp³-hybridized carbons (Fsp3) is 0.879. The first-order chi connectivity index (χ1) is 26.3. The number of aliphatic hydroxyl groups is 12. The van der Waals surface area contributed by atoms with E-state index in [1.54, 1.807) is 0 Å². The van der Waals surface area contributed by atoms with Gasteiger partial charge in [0.15, 0.2) is 24.8 Å². The molecule has 18 atom stereocenters. The van der Waals surface area contributed by atoms with Crippen molar-refractivity contribution in [2.45, 2.75) is 155 Å². The van der Waals surface area contributed by atoms with Gasteiger partial charge in [-0.3, -0.25) is 19.2 Å². The molecule has 0 spiro atoms. The SMILES string of the molecule is O=C(O)CC(=O)OC[C@H]1O[C@@H](OC2CC(O)CC3[OH+]C(C4CC(O)C(O)C(O)C4)C(O[C@H]4O[C@H](COC(=O)CC(=O)O)[C@@H](O)[C@H](O)[C@H]4O)CC23)[C@@H](O)[C@H](O)[C@H]1O. The van der Waals surface area contributed by atoms with E-state index in [1.807, 2.05) is 0 Å². The topological polar surface area (TPSA) is 379 Å². The Bertz CT molecular complexity index is 1360. The van der Waals surface area contributed by atoms with Gasteiger partial charge in [-0.2, -0.15) is 0 Å². The van der Waals surface area contributed by atoms with Crippen LogP contribution in [-0.4, -0.2) is 213 Å². The van der Waals surface area contributed by atoms with E-state index in [1.165, 1.54) is 0 Å². The number of hydrogen-bond donors (Lipinski definition) is 12. The summed E-state index contributed by atoms with van der Waals surface area (Å²) in [6.07, 6.45) is -28.8. The van der Waals surface area contributed by atoms with Gasteiger partial charge >= 0.3 is 23.9 Å². The number of aliphatic hydroxyl groups excluding tert-OH is 10. The number of esters is 2. The van der Waals surface area contributed by atoms with E-state index in [-0.39, 0.29) is 32.1 Å². The highest BCUT2D eigenvalue weighted by molar-refractivity contribution is 5.90. The summed E-state index contributed by atoms with van der Waals surface area (Å²) >= 11 is 0. The summed E-state index contributed by atoms with van der Waals surface area (Å²) in [7, 11) is 0. The number of carbonyl (C=O) groups excluding carboxylic acids is 2. The molecule has 0 bridgehead atoms. The summed E-state index contributed by atoms with van der Waals surface area (Å²) in [4.78, 5) is 45.4. The lowest BCUT2D eigenvalue weighted by molar-refractivity contribution is -0.368. The van der Waals surface area contributed by atoms with Gasteiger partial charge in [0.05, 0.1) is 30.3 Å². The normalized spacial score (nSPS) is 45.6. The Morgan fingerprint density at radius 2 is 1.02 bits per heavy atom. The molecule has 13 N–H and O–H groups in total. The van der Waals surface area contributed by atoms with Crippen LogP contribution in [0.3, 0.4) is 0 Å². The first-order valence-electron chi connectivity index (χ1n) is 18.2. The van der Waals surface area contributed by atoms with Crippen LogP contribution >= 0.6 is 0 Å². The average molecular weight is 816 g/mol. The molecule has 8 unspecified atom stereocenters. The van der Waals surface area contributed by atoms with Gasteiger partial charge in [-0.1, -0.05) is 0 Å². The van der Waals surface area contributed by atoms with E-state index in [4.69, 9.17) is 43.4 Å². The van der Waals surface area contributed by atoms with E-state index in [0.29, 0.717) is 0 Å². The number of carbonyl (C=O) groups is 4. The van der Waals surface area contributed by atoms with Gasteiger partial charge in [-0.25, -0.2) is 0 Å². The van der Waals surface area contributed by atoms with Crippen LogP contribution in [0.2, 0.25) is 0 Å². The van der Waals surface area contributed by atoms with Crippen LogP contribution in [0.1, 0.15) is 44.9 Å². The lowest BCUT2D eigenvalue weighted by Crippen LogP contribution is -2.64. The highest BCUT2D eigenvalue weighted by Gasteiger charge is 2.57. The van der Waals surface area contributed by atoms with E-state index in [0.717, 1.165) is 0 Å². The number of ether oxygens (including phenoxy) is 7. The quantitative estimate of drug-likeness (QED) is 0.0467. The standard InChI is InChI=1S/C33H50O23/c34-11-3-15-12(16(4-11)53-32-29(48)27(46)25(44)18(55-32)8-50-22(41)6-20(37)38)5-17(31(52-15)10-1-13(35)24(43)14(36)2-10)54-33-30(49)28(47)26(45)19(56-33)9-51-23(42)7-21(39)40/h10-19,24-36,43-49H,1-9H2,(H,37,38)(H,39,40)/p+1/t10?,11?,12?,13?,14?,15?,16?,17?,18-,19-,24?,25+,26-,27-,28+,29+,30-,31?,32-,33+/m1/s1. The van der Waals surface area contributed by atoms with Crippen LogP contribution in [0.4, 0.5) is 0 Å². The molecule has 0 aromatic heterocycles. The number of hydrogen-bond acceptors (Lipinski definition) is 20. The molecule has 3 aliphatic heterocycles. The molecular formula is C33H51O23+. The monoisotopic (exact) mass is 815 g/mol. The van der Waals surface area contributed by atoms with E-state index in [2.05, 4.69) is 0 Å². The summed E-state index contributed by atoms with van der Waals surface area (Å²) < 4.78 is 38.4. The zero-order valence-electron chi connectivity index (χ0n) is 29.8. The number of fused-ring (bicyclic) bond motifs is 1. The van der Waals surface area contributed by atoms with Crippen molar-refractivity contribution in [1.29, 1.82) is 0 Å². The van der Waals surface area contributed by atoms with Gasteiger partial charge in [0, 0.05) is 18.8 Å². The van der Waals surface area contributed by atoms with Gasteiger partial charge < -0.3 is 94.4 Å². The maximum atomic E-state index is 11.9. The van der Waals surface area contributed by atoms with Crippen molar-refractivity contribution in [3.63, 3.8) is 0 Å². The van der Waals surface area contributed by atoms with Crippen molar-refractivity contribution in [2.75, 3.05) is 13.2 Å². The molecule has 0 aromatic carbocycles. The highest BCUT2D eigenvalue weighted by Crippen LogP contribution is 2.44. The predicted molar refractivity (Wildman–Crippen MR) is 173 cm³/mol. The molecule has 5 fully saturated rings. The third-order valence-corrected chi connectivity index (χ3v) is 11.0. The molecule has 3 saturated heterocycles. The van der Waals surface area contributed by atoms with Crippen LogP contribution in [-0.2, 0) is 47.6 Å². The summed E-state index contributed by atoms with van der Waals surface area (Å²) in [5.41, 5.74) is 0. The Labute approximate surface area is 317 Å². The fourth-order valence-electron chi connectivity index (χ4n) is 8.07. The minimum Gasteiger partial charge on any atom is -0.481 e. The lowest BCUT2D eigenvalue weighted by atomic mass is 9.72. The number of carboxylic acid groups (broad SMARTS) is 2. The van der Waals surface area contributed by atoms with E-state index < -0.39 is 172 Å². The second-order valence-corrected chi connectivity index (χ2v) is 15.0. The first-order valence-corrected chi connectivity index (χ1v) is 18.2. The lowest BCUT2D eigenvalue weighted by Gasteiger charge is -2.50. The first kappa shape index (κ1) is 44.4. The van der Waals surface area contributed by atoms with Crippen molar-refractivity contribution < 1.29 is 114 Å². The Hall–Kier alpha value is -2.72. The maximum Gasteiger partial charge on any atom is 0.317 e. The summed E-state index contributed by atoms with van der Waals surface area (Å²) in [5, 5.41) is 124. The largest absolute Gasteiger partial charge is 0.481 e. The molecule has 0 radical (unpaired) electrons. The van der Waals surface area contributed by atoms with Crippen molar-refractivity contribution in [3.8, 4) is 0 Å². The minimum atomic E-state index is -1.92. The molecular weight excluding hydrogens is 764 g/mol. The Morgan fingerprint density at radius 3 is 1.48 bits per heavy atom. The van der Waals surface area contributed by atoms with Gasteiger partial charge in [-0.15, -0.1) is 0 Å². The summed E-state index contributed by atoms with van der Waals surface area (Å²) in [6.45, 7) is -1.46. The zero-order valence-corrected chi connectivity index (χ0v) is 29.8. The van der Waals surface area contributed by atoms with Gasteiger partial charge in [0.25, 0.3) is 0 Å². The van der Waals surface area contributed by atoms with Crippen molar-refractivity contribution in [1.82, 2.24) is 0 Å². The van der Waals surface area contributed by atoms with E-state index in [9.17, 15) is 70.2 Å². The Balaban J connectivity index is 1.36. The van der Waals surface area contributed by atoms with Crippen molar-refractivity contribution in [2.24, 2.45) is 11.8 Å². The molecule has 56 heavy (non-hydrogen) atoms. The minimum absolute atomic E-state index is 0.0326. The smallest absolute Gasteiger partial charge is 0.317 e. The van der Waals surface area contributed by atoms with Crippen molar-refractivity contribution in [3.05, 3.63) is 0 Å². The summed E-state index contributed by atoms with van der Waals surface area (Å²) in [6, 6.07) is 0. The average Bonchev–Trinajstić information content (AvgIpc) is 3.12. The maximum absolute atomic E-state index is 11.9. The molecule has 5 aliphatic rings. The van der Waals surface area contributed by atoms with Crippen molar-refractivity contribution >= 4 is 23.9 Å². The second-order valence-electron chi connectivity index (χ2n) is 15.0. The Morgan fingerprint density at radius 1 is 0.554 bits per heavy atom. The van der Waals surface area contributed by atoms with Crippen LogP contribution in [0.15, 0.2) is 0 Å². The molecule has 2 saturated carbocycles. The zero-order chi connectivity index (χ0) is 41.2. The third-order valence-electron chi connectivity index (χ3n) is 11.0. The highest BCUT2D eigenvalue weighted by atomic mass is 16.7. The van der Waals surface area contributed by atoms with Crippen LogP contribution in [0, 0.1) is 11.8 Å². The molecule has 0 amide bonds. The third kappa shape index (κ3) is 10.5. The van der Waals surface area contributed by atoms with E-state index >= 15 is 0 Å². The van der Waals surface area contributed by atoms with Crippen LogP contribution in [0.25, 0.3) is 0 Å². The number of carboxylic acids is 2. The van der Waals surface area contributed by atoms with Crippen LogP contribution in [0.5, 0.6) is 0 Å². The molecule has 23 heteroatoms. The summed E-state index contributed by atoms with van der Waals surface area (Å²) in [5.74, 6) is -6.66. The molecule has 5 rings (SSSR count). The molecule has 0 aromatic rings. The number of rotatable bonds is 13. The molecule has 320 valence electrons. The Kier molecular flexibility index (Phi) is 15.0. The molecule has 2 aliphatic carbocycles. The second kappa shape index (κ2) is 18.9. The predicted octanol–water partition coefficient (Wildman–Crippen LogP) is -6.66. The van der Waals surface area contributed by atoms with Gasteiger partial charge in [0.2, 0.25) is 0 Å². The van der Waals surface area contributed by atoms with Gasteiger partial charge in [0.1, 0.15) is 87.1 Å². The van der Waals surface area contributed by atoms with Gasteiger partial charge in [-0.05, 0) is 19.3 Å².